The fourth-order valence-corrected chi connectivity index (χ4v) is 4.09. The van der Waals surface area contributed by atoms with Gasteiger partial charge in [0.2, 0.25) is 5.89 Å². The number of hydrogen-bond acceptors (Lipinski definition) is 6. The Morgan fingerprint density at radius 2 is 2.03 bits per heavy atom. The quantitative estimate of drug-likeness (QED) is 0.520. The molecular formula is C20H20N6O3. The van der Waals surface area contributed by atoms with E-state index in [-0.39, 0.29) is 23.9 Å². The highest BCUT2D eigenvalue weighted by Gasteiger charge is 2.24. The number of nitrogens with zero attached hydrogens (tertiary/aromatic N) is 6. The first-order valence-electron chi connectivity index (χ1n) is 9.52. The Labute approximate surface area is 165 Å². The Kier molecular flexibility index (Phi) is 3.97. The number of aryl methyl sites for hydroxylation is 3. The van der Waals surface area contributed by atoms with E-state index in [1.54, 1.807) is 17.9 Å². The molecule has 0 N–H and O–H groups in total. The molecule has 1 aliphatic rings. The molecule has 0 radical (unpaired) electrons. The van der Waals surface area contributed by atoms with Crippen molar-refractivity contribution >= 4 is 11.2 Å². The molecule has 9 nitrogen and oxygen atoms in total. The van der Waals surface area contributed by atoms with E-state index >= 15 is 0 Å². The van der Waals surface area contributed by atoms with E-state index in [4.69, 9.17) is 4.42 Å². The van der Waals surface area contributed by atoms with Gasteiger partial charge in [0, 0.05) is 13.0 Å². The average Bonchev–Trinajstić information content (AvgIpc) is 3.36. The van der Waals surface area contributed by atoms with Crippen LogP contribution >= 0.6 is 0 Å². The van der Waals surface area contributed by atoms with Crippen molar-refractivity contribution in [2.75, 3.05) is 0 Å². The van der Waals surface area contributed by atoms with E-state index < -0.39 is 5.76 Å². The highest BCUT2D eigenvalue weighted by molar-refractivity contribution is 5.68. The maximum Gasteiger partial charge on any atom is 0.437 e. The van der Waals surface area contributed by atoms with Crippen LogP contribution in [0.3, 0.4) is 0 Å². The summed E-state index contributed by atoms with van der Waals surface area (Å²) in [4.78, 5) is 33.2. The number of hydrogen-bond donors (Lipinski definition) is 0. The highest BCUT2D eigenvalue weighted by atomic mass is 16.4. The Morgan fingerprint density at radius 3 is 2.90 bits per heavy atom. The molecule has 3 aromatic heterocycles. The number of rotatable bonds is 4. The predicted octanol–water partition coefficient (Wildman–Crippen LogP) is 1.37. The van der Waals surface area contributed by atoms with Crippen LogP contribution in [0, 0.1) is 6.92 Å². The molecule has 1 atom stereocenters. The van der Waals surface area contributed by atoms with Gasteiger partial charge in [0.25, 0.3) is 5.56 Å². The van der Waals surface area contributed by atoms with Crippen LogP contribution in [0.2, 0.25) is 0 Å². The zero-order valence-electron chi connectivity index (χ0n) is 16.2. The maximum atomic E-state index is 12.7. The zero-order valence-corrected chi connectivity index (χ0v) is 16.2. The lowest BCUT2D eigenvalue weighted by atomic mass is 10.0. The molecule has 0 spiro atoms. The number of aromatic nitrogens is 6. The minimum atomic E-state index is -0.511. The van der Waals surface area contributed by atoms with Gasteiger partial charge in [0.05, 0.1) is 12.9 Å². The molecule has 0 unspecified atom stereocenters. The second-order valence-corrected chi connectivity index (χ2v) is 7.59. The van der Waals surface area contributed by atoms with Crippen molar-refractivity contribution in [3.8, 4) is 0 Å². The van der Waals surface area contributed by atoms with Crippen LogP contribution in [0.1, 0.15) is 34.9 Å². The average molecular weight is 392 g/mol. The van der Waals surface area contributed by atoms with Crippen LogP contribution in [0.5, 0.6) is 0 Å². The summed E-state index contributed by atoms with van der Waals surface area (Å²) in [6.07, 6.45) is 4.92. The maximum absolute atomic E-state index is 12.7. The number of imidazole rings is 1. The summed E-state index contributed by atoms with van der Waals surface area (Å²) in [6, 6.07) is 6.45. The molecule has 0 fully saturated rings. The van der Waals surface area contributed by atoms with Crippen LogP contribution in [0.25, 0.3) is 11.2 Å². The first kappa shape index (κ1) is 17.6. The molecule has 0 bridgehead atoms. The molecule has 29 heavy (non-hydrogen) atoms. The summed E-state index contributed by atoms with van der Waals surface area (Å²) in [7, 11) is 1.73. The standard InChI is InChI=1S/C20H20N6O3/c1-12-3-6-15-13(7-12)4-5-14(15)8-26-20(28)29-16(23-26)9-25-11-22-18-17(19(25)27)24(2)10-21-18/h3,6-7,10-11,14H,4-5,8-9H2,1-2H3/t14-/m0/s1. The van der Waals surface area contributed by atoms with Crippen LogP contribution in [0.15, 0.2) is 44.9 Å². The van der Waals surface area contributed by atoms with Crippen LogP contribution in [-0.4, -0.2) is 28.9 Å². The van der Waals surface area contributed by atoms with Crippen molar-refractivity contribution in [1.29, 1.82) is 0 Å². The molecule has 9 heteroatoms. The molecule has 5 rings (SSSR count). The molecule has 1 aliphatic carbocycles. The SMILES string of the molecule is Cc1ccc2c(c1)CC[C@H]2Cn1nc(Cn2cnc3ncn(C)c3c2=O)oc1=O. The van der Waals surface area contributed by atoms with E-state index in [0.29, 0.717) is 17.7 Å². The molecule has 148 valence electrons. The molecule has 0 saturated heterocycles. The largest absolute Gasteiger partial charge is 0.437 e. The van der Waals surface area contributed by atoms with Gasteiger partial charge >= 0.3 is 5.76 Å². The summed E-state index contributed by atoms with van der Waals surface area (Å²) in [5.41, 5.74) is 4.38. The van der Waals surface area contributed by atoms with Gasteiger partial charge in [-0.1, -0.05) is 23.8 Å². The highest BCUT2D eigenvalue weighted by Crippen LogP contribution is 2.34. The van der Waals surface area contributed by atoms with Crippen LogP contribution in [-0.2, 0) is 26.6 Å². The van der Waals surface area contributed by atoms with Crippen molar-refractivity contribution in [3.63, 3.8) is 0 Å². The Hall–Kier alpha value is -3.49. The Morgan fingerprint density at radius 1 is 1.21 bits per heavy atom. The molecule has 0 saturated carbocycles. The summed E-state index contributed by atoms with van der Waals surface area (Å²) < 4.78 is 9.65. The molecule has 0 aliphatic heterocycles. The summed E-state index contributed by atoms with van der Waals surface area (Å²) in [6.45, 7) is 2.59. The van der Waals surface area contributed by atoms with Gasteiger partial charge in [-0.05, 0) is 30.9 Å². The van der Waals surface area contributed by atoms with Crippen molar-refractivity contribution < 1.29 is 4.42 Å². The van der Waals surface area contributed by atoms with Crippen molar-refractivity contribution in [2.24, 2.45) is 7.05 Å². The first-order chi connectivity index (χ1) is 14.0. The third kappa shape index (κ3) is 2.98. The lowest BCUT2D eigenvalue weighted by Crippen LogP contribution is -2.23. The smallest absolute Gasteiger partial charge is 0.390 e. The van der Waals surface area contributed by atoms with E-state index in [1.165, 1.54) is 32.3 Å². The number of fused-ring (bicyclic) bond motifs is 2. The van der Waals surface area contributed by atoms with Crippen LogP contribution < -0.4 is 11.3 Å². The summed E-state index contributed by atoms with van der Waals surface area (Å²) in [5.74, 6) is -0.0952. The third-order valence-corrected chi connectivity index (χ3v) is 5.55. The Balaban J connectivity index is 1.41. The predicted molar refractivity (Wildman–Crippen MR) is 105 cm³/mol. The summed E-state index contributed by atoms with van der Waals surface area (Å²) >= 11 is 0. The van der Waals surface area contributed by atoms with Crippen LogP contribution in [0.4, 0.5) is 0 Å². The van der Waals surface area contributed by atoms with E-state index in [2.05, 4.69) is 40.2 Å². The second kappa shape index (κ2) is 6.54. The van der Waals surface area contributed by atoms with Gasteiger partial charge < -0.3 is 8.98 Å². The van der Waals surface area contributed by atoms with Gasteiger partial charge in [0.1, 0.15) is 12.9 Å². The molecule has 0 amide bonds. The fraction of sp³-hybridized carbons (Fsp3) is 0.350. The zero-order chi connectivity index (χ0) is 20.1. The molecule has 4 aromatic rings. The number of benzene rings is 1. The van der Waals surface area contributed by atoms with E-state index in [0.717, 1.165) is 12.8 Å². The lowest BCUT2D eigenvalue weighted by Gasteiger charge is -2.10. The van der Waals surface area contributed by atoms with Gasteiger partial charge in [0.15, 0.2) is 11.2 Å². The normalized spacial score (nSPS) is 15.9. The van der Waals surface area contributed by atoms with Gasteiger partial charge in [-0.15, -0.1) is 5.10 Å². The van der Waals surface area contributed by atoms with E-state index in [9.17, 15) is 9.59 Å². The van der Waals surface area contributed by atoms with Crippen molar-refractivity contribution in [2.45, 2.75) is 38.8 Å². The lowest BCUT2D eigenvalue weighted by molar-refractivity contribution is 0.424. The fourth-order valence-electron chi connectivity index (χ4n) is 4.09. The third-order valence-electron chi connectivity index (χ3n) is 5.55. The van der Waals surface area contributed by atoms with Gasteiger partial charge in [-0.3, -0.25) is 9.36 Å². The second-order valence-electron chi connectivity index (χ2n) is 7.59. The molecule has 3 heterocycles. The van der Waals surface area contributed by atoms with Gasteiger partial charge in [-0.25, -0.2) is 14.8 Å². The minimum absolute atomic E-state index is 0.0373. The van der Waals surface area contributed by atoms with Crippen molar-refractivity contribution in [3.05, 3.63) is 74.3 Å². The monoisotopic (exact) mass is 392 g/mol. The minimum Gasteiger partial charge on any atom is -0.390 e. The van der Waals surface area contributed by atoms with Gasteiger partial charge in [-0.2, -0.15) is 4.68 Å². The summed E-state index contributed by atoms with van der Waals surface area (Å²) in [5, 5.41) is 4.32. The molecular weight excluding hydrogens is 372 g/mol. The first-order valence-corrected chi connectivity index (χ1v) is 9.52. The van der Waals surface area contributed by atoms with E-state index in [1.807, 2.05) is 0 Å². The van der Waals surface area contributed by atoms with Crippen molar-refractivity contribution in [1.82, 2.24) is 28.9 Å². The Bertz CT molecular complexity index is 1340. The molecule has 1 aromatic carbocycles. The topological polar surface area (TPSA) is 101 Å².